The lowest BCUT2D eigenvalue weighted by Crippen LogP contribution is -2.39. The van der Waals surface area contributed by atoms with E-state index in [-0.39, 0.29) is 5.91 Å². The van der Waals surface area contributed by atoms with Crippen LogP contribution in [0.1, 0.15) is 29.1 Å². The summed E-state index contributed by atoms with van der Waals surface area (Å²) in [5, 5.41) is 4.62. The topological polar surface area (TPSA) is 77.7 Å². The van der Waals surface area contributed by atoms with Crippen LogP contribution < -0.4 is 9.47 Å². The first-order chi connectivity index (χ1) is 15.1. The number of carbonyl (C=O) groups excluding carboxylic acids is 1. The van der Waals surface area contributed by atoms with Gasteiger partial charge in [0.1, 0.15) is 11.5 Å². The molecule has 1 aliphatic heterocycles. The lowest BCUT2D eigenvalue weighted by molar-refractivity contribution is 0.0684. The van der Waals surface area contributed by atoms with E-state index in [1.165, 1.54) is 0 Å². The Morgan fingerprint density at radius 2 is 1.87 bits per heavy atom. The summed E-state index contributed by atoms with van der Waals surface area (Å²) in [5.74, 6) is 2.83. The number of benzene rings is 2. The maximum atomic E-state index is 12.9. The molecule has 0 aliphatic carbocycles. The zero-order chi connectivity index (χ0) is 21.8. The predicted molar refractivity (Wildman–Crippen MR) is 117 cm³/mol. The van der Waals surface area contributed by atoms with Crippen molar-refractivity contribution in [2.24, 2.45) is 5.92 Å². The van der Waals surface area contributed by atoms with Gasteiger partial charge in [0.25, 0.3) is 5.91 Å². The van der Waals surface area contributed by atoms with Crippen molar-refractivity contribution < 1.29 is 18.8 Å². The molecular formula is C23H24ClN3O4. The van der Waals surface area contributed by atoms with E-state index in [0.29, 0.717) is 53.5 Å². The number of hydrogen-bond donors (Lipinski definition) is 0. The molecule has 1 fully saturated rings. The van der Waals surface area contributed by atoms with Crippen molar-refractivity contribution in [1.29, 1.82) is 0 Å². The van der Waals surface area contributed by atoms with Gasteiger partial charge in [-0.2, -0.15) is 4.98 Å². The number of halogens is 1. The Kier molecular flexibility index (Phi) is 6.42. The standard InChI is InChI=1S/C23H24ClN3O4/c1-29-18-6-3-16(4-7-18)22-25-21(31-26-22)13-15-9-11-27(12-10-15)23(28)19-14-17(24)5-8-20(19)30-2/h3-8,14-15H,9-13H2,1-2H3. The molecule has 0 N–H and O–H groups in total. The van der Waals surface area contributed by atoms with E-state index in [9.17, 15) is 4.79 Å². The molecular weight excluding hydrogens is 418 g/mol. The molecule has 0 radical (unpaired) electrons. The Morgan fingerprint density at radius 3 is 2.55 bits per heavy atom. The second-order valence-corrected chi connectivity index (χ2v) is 7.96. The van der Waals surface area contributed by atoms with Gasteiger partial charge >= 0.3 is 0 Å². The summed E-state index contributed by atoms with van der Waals surface area (Å²) in [5.41, 5.74) is 1.38. The Morgan fingerprint density at radius 1 is 1.13 bits per heavy atom. The largest absolute Gasteiger partial charge is 0.497 e. The van der Waals surface area contributed by atoms with Crippen LogP contribution in [0.2, 0.25) is 5.02 Å². The minimum absolute atomic E-state index is 0.0580. The molecule has 4 rings (SSSR count). The van der Waals surface area contributed by atoms with Gasteiger partial charge in [0, 0.05) is 30.1 Å². The smallest absolute Gasteiger partial charge is 0.257 e. The van der Waals surface area contributed by atoms with Crippen LogP contribution in [0.15, 0.2) is 47.0 Å². The van der Waals surface area contributed by atoms with Gasteiger partial charge in [-0.3, -0.25) is 4.79 Å². The third-order valence-electron chi connectivity index (χ3n) is 5.57. The average molecular weight is 442 g/mol. The molecule has 2 heterocycles. The van der Waals surface area contributed by atoms with Crippen molar-refractivity contribution in [1.82, 2.24) is 15.0 Å². The number of methoxy groups -OCH3 is 2. The van der Waals surface area contributed by atoms with Crippen molar-refractivity contribution in [2.45, 2.75) is 19.3 Å². The molecule has 0 atom stereocenters. The first-order valence-electron chi connectivity index (χ1n) is 10.2. The molecule has 0 unspecified atom stereocenters. The molecule has 3 aromatic rings. The number of aromatic nitrogens is 2. The van der Waals surface area contributed by atoms with Crippen LogP contribution in [0.5, 0.6) is 11.5 Å². The van der Waals surface area contributed by atoms with Crippen molar-refractivity contribution in [2.75, 3.05) is 27.3 Å². The average Bonchev–Trinajstić information content (AvgIpc) is 3.27. The number of hydrogen-bond acceptors (Lipinski definition) is 6. The SMILES string of the molecule is COc1ccc(-c2noc(CC3CCN(C(=O)c4cc(Cl)ccc4OC)CC3)n2)cc1. The third-order valence-corrected chi connectivity index (χ3v) is 5.81. The number of carbonyl (C=O) groups is 1. The molecule has 0 spiro atoms. The summed E-state index contributed by atoms with van der Waals surface area (Å²) in [6.45, 7) is 1.33. The van der Waals surface area contributed by atoms with E-state index >= 15 is 0 Å². The Bertz CT molecular complexity index is 1040. The van der Waals surface area contributed by atoms with Crippen LogP contribution in [-0.2, 0) is 6.42 Å². The van der Waals surface area contributed by atoms with Crippen LogP contribution in [0.3, 0.4) is 0 Å². The third kappa shape index (κ3) is 4.82. The molecule has 1 aromatic heterocycles. The maximum absolute atomic E-state index is 12.9. The molecule has 1 amide bonds. The molecule has 1 saturated heterocycles. The normalized spacial score (nSPS) is 14.5. The minimum Gasteiger partial charge on any atom is -0.497 e. The lowest BCUT2D eigenvalue weighted by Gasteiger charge is -2.31. The summed E-state index contributed by atoms with van der Waals surface area (Å²) in [4.78, 5) is 19.3. The zero-order valence-electron chi connectivity index (χ0n) is 17.5. The maximum Gasteiger partial charge on any atom is 0.257 e. The number of piperidine rings is 1. The summed E-state index contributed by atoms with van der Waals surface area (Å²) in [6.07, 6.45) is 2.44. The van der Waals surface area contributed by atoms with Crippen LogP contribution in [0.4, 0.5) is 0 Å². The van der Waals surface area contributed by atoms with Crippen LogP contribution >= 0.6 is 11.6 Å². The van der Waals surface area contributed by atoms with E-state index in [2.05, 4.69) is 10.1 Å². The summed E-state index contributed by atoms with van der Waals surface area (Å²) < 4.78 is 16.0. The number of ether oxygens (including phenoxy) is 2. The number of amides is 1. The van der Waals surface area contributed by atoms with Gasteiger partial charge in [-0.15, -0.1) is 0 Å². The molecule has 1 aliphatic rings. The Labute approximate surface area is 185 Å². The van der Waals surface area contributed by atoms with Crippen molar-refractivity contribution in [3.63, 3.8) is 0 Å². The predicted octanol–water partition coefficient (Wildman–Crippen LogP) is 4.50. The van der Waals surface area contributed by atoms with Gasteiger partial charge in [0.05, 0.1) is 19.8 Å². The Hall–Kier alpha value is -3.06. The second-order valence-electron chi connectivity index (χ2n) is 7.52. The first-order valence-corrected chi connectivity index (χ1v) is 10.5. The molecule has 7 nitrogen and oxygen atoms in total. The van der Waals surface area contributed by atoms with E-state index in [1.807, 2.05) is 29.2 Å². The molecule has 0 saturated carbocycles. The van der Waals surface area contributed by atoms with E-state index in [1.54, 1.807) is 32.4 Å². The number of likely N-dealkylation sites (tertiary alicyclic amines) is 1. The van der Waals surface area contributed by atoms with E-state index in [0.717, 1.165) is 24.2 Å². The number of rotatable bonds is 6. The van der Waals surface area contributed by atoms with E-state index in [4.69, 9.17) is 25.6 Å². The van der Waals surface area contributed by atoms with Gasteiger partial charge in [-0.1, -0.05) is 16.8 Å². The summed E-state index contributed by atoms with van der Waals surface area (Å²) >= 11 is 6.08. The van der Waals surface area contributed by atoms with Crippen molar-refractivity contribution >= 4 is 17.5 Å². The highest BCUT2D eigenvalue weighted by Gasteiger charge is 2.27. The van der Waals surface area contributed by atoms with Gasteiger partial charge in [0.2, 0.25) is 11.7 Å². The molecule has 162 valence electrons. The fourth-order valence-electron chi connectivity index (χ4n) is 3.80. The van der Waals surface area contributed by atoms with Crippen LogP contribution in [0.25, 0.3) is 11.4 Å². The molecule has 8 heteroatoms. The summed E-state index contributed by atoms with van der Waals surface area (Å²) in [7, 11) is 3.18. The fourth-order valence-corrected chi connectivity index (χ4v) is 3.97. The highest BCUT2D eigenvalue weighted by atomic mass is 35.5. The molecule has 0 bridgehead atoms. The number of nitrogens with zero attached hydrogens (tertiary/aromatic N) is 3. The Balaban J connectivity index is 1.35. The van der Waals surface area contributed by atoms with Crippen LogP contribution in [0, 0.1) is 5.92 Å². The monoisotopic (exact) mass is 441 g/mol. The zero-order valence-corrected chi connectivity index (χ0v) is 18.3. The van der Waals surface area contributed by atoms with Gasteiger partial charge < -0.3 is 18.9 Å². The van der Waals surface area contributed by atoms with Gasteiger partial charge in [-0.25, -0.2) is 0 Å². The van der Waals surface area contributed by atoms with Gasteiger partial charge in [0.15, 0.2) is 0 Å². The lowest BCUT2D eigenvalue weighted by atomic mass is 9.93. The van der Waals surface area contributed by atoms with Crippen molar-refractivity contribution in [3.05, 3.63) is 58.9 Å². The second kappa shape index (κ2) is 9.39. The molecule has 31 heavy (non-hydrogen) atoms. The summed E-state index contributed by atoms with van der Waals surface area (Å²) in [6, 6.07) is 12.6. The van der Waals surface area contributed by atoms with Crippen molar-refractivity contribution in [3.8, 4) is 22.9 Å². The molecule has 2 aromatic carbocycles. The highest BCUT2D eigenvalue weighted by molar-refractivity contribution is 6.31. The first kappa shape index (κ1) is 21.2. The fraction of sp³-hybridized carbons (Fsp3) is 0.348. The van der Waals surface area contributed by atoms with Crippen LogP contribution in [-0.4, -0.2) is 48.3 Å². The minimum atomic E-state index is -0.0580. The van der Waals surface area contributed by atoms with E-state index < -0.39 is 0 Å². The van der Waals surface area contributed by atoms with Gasteiger partial charge in [-0.05, 0) is 61.2 Å². The quantitative estimate of drug-likeness (QED) is 0.560. The highest BCUT2D eigenvalue weighted by Crippen LogP contribution is 2.28.